The van der Waals surface area contributed by atoms with E-state index in [0.29, 0.717) is 0 Å². The molecule has 0 amide bonds. The molecule has 2 saturated carbocycles. The molecule has 2 aliphatic carbocycles. The predicted octanol–water partition coefficient (Wildman–Crippen LogP) is 7.28. The Morgan fingerprint density at radius 2 is 1.04 bits per heavy atom. The Balaban J connectivity index is 1.52. The van der Waals surface area contributed by atoms with Crippen LogP contribution >= 0.6 is 7.92 Å². The van der Waals surface area contributed by atoms with Crippen LogP contribution in [0.15, 0.2) is 60.7 Å². The van der Waals surface area contributed by atoms with E-state index in [2.05, 4.69) is 60.7 Å². The van der Waals surface area contributed by atoms with E-state index >= 15 is 0 Å². The molecule has 2 fully saturated rings. The minimum absolute atomic E-state index is 0.189. The zero-order chi connectivity index (χ0) is 19.0. The van der Waals surface area contributed by atoms with Gasteiger partial charge in [0.15, 0.2) is 0 Å². The van der Waals surface area contributed by atoms with Gasteiger partial charge in [-0.15, -0.1) is 0 Å². The van der Waals surface area contributed by atoms with Crippen molar-refractivity contribution in [1.29, 1.82) is 0 Å². The number of hydrogen-bond acceptors (Lipinski definition) is 0. The average Bonchev–Trinajstić information content (AvgIpc) is 2.79. The van der Waals surface area contributed by atoms with Gasteiger partial charge in [-0.2, -0.15) is 0 Å². The molecule has 2 aromatic carbocycles. The van der Waals surface area contributed by atoms with Crippen molar-refractivity contribution in [3.63, 3.8) is 0 Å². The van der Waals surface area contributed by atoms with E-state index in [-0.39, 0.29) is 7.92 Å². The molecule has 0 unspecified atom stereocenters. The van der Waals surface area contributed by atoms with E-state index in [1.165, 1.54) is 44.7 Å². The minimum atomic E-state index is -0.767. The zero-order valence-electron chi connectivity index (χ0n) is 17.3. The monoisotopic (exact) mass is 454 g/mol. The molecule has 0 aliphatic heterocycles. The van der Waals surface area contributed by atoms with Gasteiger partial charge in [-0.25, -0.2) is 0 Å². The molecule has 2 aromatic rings. The molecule has 0 atom stereocenters. The molecule has 0 bridgehead atoms. The van der Waals surface area contributed by atoms with Gasteiger partial charge < -0.3 is 0 Å². The first-order chi connectivity index (χ1) is 13.9. The summed E-state index contributed by atoms with van der Waals surface area (Å²) in [6, 6.07) is 22.9. The van der Waals surface area contributed by atoms with Crippen LogP contribution in [0.4, 0.5) is 0 Å². The summed E-state index contributed by atoms with van der Waals surface area (Å²) in [6.45, 7) is 0. The van der Waals surface area contributed by atoms with E-state index in [0.717, 1.165) is 9.41 Å². The third-order valence-corrected chi connectivity index (χ3v) is 17.7. The molecule has 0 N–H and O–H groups in total. The third-order valence-electron chi connectivity index (χ3n) is 6.80. The van der Waals surface area contributed by atoms with Crippen LogP contribution < -0.4 is 10.6 Å². The molecule has 0 saturated heterocycles. The van der Waals surface area contributed by atoms with Crippen molar-refractivity contribution in [2.24, 2.45) is 0 Å². The molecule has 2 heteroatoms. The quantitative estimate of drug-likeness (QED) is 0.305. The number of rotatable bonds is 7. The van der Waals surface area contributed by atoms with Gasteiger partial charge in [-0.3, -0.25) is 0 Å². The van der Waals surface area contributed by atoms with E-state index in [1.807, 2.05) is 0 Å². The molecular weight excluding hydrogens is 418 g/mol. The first-order valence-electron chi connectivity index (χ1n) is 11.6. The van der Waals surface area contributed by atoms with E-state index < -0.39 is 14.7 Å². The Morgan fingerprint density at radius 1 is 0.607 bits per heavy atom. The Bertz CT molecular complexity index is 617. The second-order valence-corrected chi connectivity index (χ2v) is 17.1. The van der Waals surface area contributed by atoms with Gasteiger partial charge in [-0.05, 0) is 0 Å². The van der Waals surface area contributed by atoms with Crippen molar-refractivity contribution in [1.82, 2.24) is 0 Å². The Kier molecular flexibility index (Phi) is 8.12. The Labute approximate surface area is 178 Å². The van der Waals surface area contributed by atoms with Gasteiger partial charge in [0.25, 0.3) is 0 Å². The van der Waals surface area contributed by atoms with Crippen LogP contribution in [0.2, 0.25) is 14.6 Å². The molecule has 4 rings (SSSR count). The summed E-state index contributed by atoms with van der Waals surface area (Å²) < 4.78 is 2.32. The van der Waals surface area contributed by atoms with Gasteiger partial charge in [0.1, 0.15) is 0 Å². The van der Waals surface area contributed by atoms with E-state index in [1.54, 1.807) is 41.5 Å². The summed E-state index contributed by atoms with van der Waals surface area (Å²) in [5.74, 6) is 0. The van der Waals surface area contributed by atoms with Crippen molar-refractivity contribution >= 4 is 33.2 Å². The molecule has 0 nitrogen and oxygen atoms in total. The second kappa shape index (κ2) is 11.0. The normalized spacial score (nSPS) is 19.4. The topological polar surface area (TPSA) is 0 Å². The van der Waals surface area contributed by atoms with Crippen molar-refractivity contribution in [2.75, 3.05) is 6.16 Å². The van der Waals surface area contributed by atoms with Gasteiger partial charge in [0, 0.05) is 0 Å². The fourth-order valence-corrected chi connectivity index (χ4v) is 17.4. The maximum atomic E-state index is 2.39. The van der Waals surface area contributed by atoms with Crippen LogP contribution in [0.5, 0.6) is 0 Å². The van der Waals surface area contributed by atoms with Crippen LogP contribution in [0.3, 0.4) is 0 Å². The van der Waals surface area contributed by atoms with Crippen LogP contribution in [-0.4, -0.2) is 20.8 Å². The first-order valence-corrected chi connectivity index (χ1v) is 16.6. The van der Waals surface area contributed by atoms with Gasteiger partial charge in [0.2, 0.25) is 0 Å². The van der Waals surface area contributed by atoms with E-state index in [9.17, 15) is 0 Å². The predicted molar refractivity (Wildman–Crippen MR) is 128 cm³/mol. The summed E-state index contributed by atoms with van der Waals surface area (Å²) in [7, 11) is -0.189. The van der Waals surface area contributed by atoms with Crippen LogP contribution in [-0.2, 0) is 0 Å². The molecule has 0 heterocycles. The number of benzene rings is 2. The maximum absolute atomic E-state index is 2.39. The SMILES string of the molecule is c1ccc(P(CC[As](C2CCCCC2)C2CCCCC2)c2ccccc2)cc1. The van der Waals surface area contributed by atoms with Gasteiger partial charge >= 0.3 is 179 Å². The molecule has 150 valence electrons. The first kappa shape index (κ1) is 20.7. The average molecular weight is 454 g/mol. The summed E-state index contributed by atoms with van der Waals surface area (Å²) in [5, 5.41) is 4.77. The van der Waals surface area contributed by atoms with Gasteiger partial charge in [-0.1, -0.05) is 0 Å². The summed E-state index contributed by atoms with van der Waals surface area (Å²) in [6.07, 6.45) is 16.8. The van der Waals surface area contributed by atoms with Crippen LogP contribution in [0.1, 0.15) is 64.2 Å². The second-order valence-electron chi connectivity index (χ2n) is 8.64. The zero-order valence-corrected chi connectivity index (χ0v) is 20.1. The van der Waals surface area contributed by atoms with Crippen molar-refractivity contribution in [2.45, 2.75) is 78.8 Å². The molecule has 0 radical (unpaired) electrons. The fourth-order valence-electron chi connectivity index (χ4n) is 5.33. The molecule has 0 spiro atoms. The molecular formula is C26H36AsP. The third kappa shape index (κ3) is 5.52. The van der Waals surface area contributed by atoms with Crippen LogP contribution in [0, 0.1) is 0 Å². The summed E-state index contributed by atoms with van der Waals surface area (Å²) in [4.78, 5) is 0. The van der Waals surface area contributed by atoms with Crippen molar-refractivity contribution in [3.8, 4) is 0 Å². The Hall–Kier alpha value is -0.572. The molecule has 2 aliphatic rings. The standard InChI is InChI=1S/C26H36AsP/c1-5-13-23(14-6-1)27(24-15-7-2-8-16-24)21-22-28(25-17-9-3-10-18-25)26-19-11-4-12-20-26/h3-4,9-12,17-20,23-24H,1-2,5-8,13-16,21-22H2. The molecule has 0 aromatic heterocycles. The Morgan fingerprint density at radius 3 is 1.46 bits per heavy atom. The van der Waals surface area contributed by atoms with Crippen molar-refractivity contribution in [3.05, 3.63) is 60.7 Å². The summed E-state index contributed by atoms with van der Waals surface area (Å²) in [5.41, 5.74) is 0. The summed E-state index contributed by atoms with van der Waals surface area (Å²) >= 11 is -0.767. The van der Waals surface area contributed by atoms with Crippen LogP contribution in [0.25, 0.3) is 0 Å². The number of hydrogen-bond donors (Lipinski definition) is 0. The molecule has 28 heavy (non-hydrogen) atoms. The van der Waals surface area contributed by atoms with Crippen molar-refractivity contribution < 1.29 is 0 Å². The van der Waals surface area contributed by atoms with E-state index in [4.69, 9.17) is 0 Å². The van der Waals surface area contributed by atoms with Gasteiger partial charge in [0.05, 0.1) is 0 Å². The fraction of sp³-hybridized carbons (Fsp3) is 0.538.